The van der Waals surface area contributed by atoms with Gasteiger partial charge in [0.25, 0.3) is 0 Å². The molecule has 2 N–H and O–H groups in total. The van der Waals surface area contributed by atoms with E-state index in [2.05, 4.69) is 61.5 Å². The third-order valence-electron chi connectivity index (χ3n) is 4.44. The Balaban J connectivity index is 0.00000176. The van der Waals surface area contributed by atoms with E-state index in [1.165, 1.54) is 27.1 Å². The summed E-state index contributed by atoms with van der Waals surface area (Å²) in [5, 5.41) is 4.96. The Bertz CT molecular complexity index is 731. The maximum atomic E-state index is 6.78. The molecule has 3 rings (SSSR count). The number of halogens is 2. The van der Waals surface area contributed by atoms with Gasteiger partial charge in [0.2, 0.25) is 0 Å². The molecule has 22 heavy (non-hydrogen) atoms. The van der Waals surface area contributed by atoms with E-state index >= 15 is 0 Å². The molecule has 1 unspecified atom stereocenters. The first-order chi connectivity index (χ1) is 10.2. The van der Waals surface area contributed by atoms with Gasteiger partial charge in [0.05, 0.1) is 0 Å². The topological polar surface area (TPSA) is 26.0 Å². The summed E-state index contributed by atoms with van der Waals surface area (Å²) in [5.74, 6) is 0.571. The summed E-state index contributed by atoms with van der Waals surface area (Å²) in [6, 6.07) is 19.2. The van der Waals surface area contributed by atoms with Crippen LogP contribution in [0.2, 0.25) is 0 Å². The molecule has 3 heteroatoms. The van der Waals surface area contributed by atoms with Crippen LogP contribution in [0, 0.1) is 0 Å². The Morgan fingerprint density at radius 2 is 1.45 bits per heavy atom. The number of alkyl halides is 1. The number of hydrogen-bond donors (Lipinski definition) is 1. The maximum Gasteiger partial charge on any atom is 0.0430 e. The van der Waals surface area contributed by atoms with Gasteiger partial charge in [-0.05, 0) is 46.0 Å². The molecule has 0 amide bonds. The van der Waals surface area contributed by atoms with Crippen molar-refractivity contribution in [3.05, 3.63) is 60.2 Å². The van der Waals surface area contributed by atoms with Crippen molar-refractivity contribution in [1.29, 1.82) is 0 Å². The Morgan fingerprint density at radius 1 is 0.955 bits per heavy atom. The van der Waals surface area contributed by atoms with E-state index < -0.39 is 0 Å². The summed E-state index contributed by atoms with van der Waals surface area (Å²) in [6.07, 6.45) is 1.65. The van der Waals surface area contributed by atoms with Gasteiger partial charge >= 0.3 is 0 Å². The van der Waals surface area contributed by atoms with E-state index in [0.717, 1.165) is 12.8 Å². The van der Waals surface area contributed by atoms with Gasteiger partial charge in [0.15, 0.2) is 0 Å². The first kappa shape index (κ1) is 17.1. The maximum absolute atomic E-state index is 6.78. The van der Waals surface area contributed by atoms with Gasteiger partial charge in [-0.15, -0.1) is 24.0 Å². The van der Waals surface area contributed by atoms with E-state index in [4.69, 9.17) is 17.3 Å². The van der Waals surface area contributed by atoms with Crippen LogP contribution in [0.3, 0.4) is 0 Å². The Morgan fingerprint density at radius 3 is 1.91 bits per heavy atom. The van der Waals surface area contributed by atoms with Crippen LogP contribution in [0.4, 0.5) is 0 Å². The Hall–Kier alpha value is -1.28. The highest BCUT2D eigenvalue weighted by molar-refractivity contribution is 6.18. The van der Waals surface area contributed by atoms with Crippen LogP contribution in [0.1, 0.15) is 25.3 Å². The monoisotopic (exact) mass is 333 g/mol. The van der Waals surface area contributed by atoms with Crippen LogP contribution in [0.25, 0.3) is 21.5 Å². The zero-order valence-electron chi connectivity index (χ0n) is 12.7. The zero-order valence-corrected chi connectivity index (χ0v) is 14.3. The standard InChI is InChI=1S/C19H20ClN.ClH/c1-2-19(21,11-12-20)18-16-9-5-3-7-14(16)13-15-8-4-6-10-17(15)18;/h3-10,13H,2,11-12,21H2,1H3;1H. The highest BCUT2D eigenvalue weighted by Crippen LogP contribution is 2.38. The van der Waals surface area contributed by atoms with Crippen molar-refractivity contribution < 1.29 is 0 Å². The van der Waals surface area contributed by atoms with E-state index in [9.17, 15) is 0 Å². The van der Waals surface area contributed by atoms with Gasteiger partial charge < -0.3 is 5.73 Å². The summed E-state index contributed by atoms with van der Waals surface area (Å²) < 4.78 is 0. The summed E-state index contributed by atoms with van der Waals surface area (Å²) in [5.41, 5.74) is 7.63. The van der Waals surface area contributed by atoms with Gasteiger partial charge in [-0.1, -0.05) is 55.5 Å². The molecule has 0 saturated carbocycles. The van der Waals surface area contributed by atoms with Crippen LogP contribution >= 0.6 is 24.0 Å². The highest BCUT2D eigenvalue weighted by Gasteiger charge is 2.28. The second kappa shape index (κ2) is 6.87. The molecule has 0 spiro atoms. The molecular formula is C19H21Cl2N. The second-order valence-electron chi connectivity index (χ2n) is 5.64. The summed E-state index contributed by atoms with van der Waals surface area (Å²) in [6.45, 7) is 2.14. The zero-order chi connectivity index (χ0) is 14.9. The van der Waals surface area contributed by atoms with Crippen molar-refractivity contribution in [2.24, 2.45) is 5.73 Å². The molecule has 0 fully saturated rings. The average Bonchev–Trinajstić information content (AvgIpc) is 2.52. The highest BCUT2D eigenvalue weighted by atomic mass is 35.5. The van der Waals surface area contributed by atoms with Gasteiger partial charge in [0, 0.05) is 11.4 Å². The van der Waals surface area contributed by atoms with E-state index in [1.807, 2.05) is 0 Å². The molecular weight excluding hydrogens is 313 g/mol. The second-order valence-corrected chi connectivity index (χ2v) is 6.02. The number of benzene rings is 3. The smallest absolute Gasteiger partial charge is 0.0430 e. The molecule has 1 nitrogen and oxygen atoms in total. The van der Waals surface area contributed by atoms with Crippen LogP contribution in [0.15, 0.2) is 54.6 Å². The minimum atomic E-state index is -0.387. The predicted molar refractivity (Wildman–Crippen MR) is 100 cm³/mol. The summed E-state index contributed by atoms with van der Waals surface area (Å²) >= 11 is 6.04. The van der Waals surface area contributed by atoms with Gasteiger partial charge in [-0.3, -0.25) is 0 Å². The lowest BCUT2D eigenvalue weighted by Gasteiger charge is -2.31. The van der Waals surface area contributed by atoms with Crippen molar-refractivity contribution in [3.8, 4) is 0 Å². The lowest BCUT2D eigenvalue weighted by Crippen LogP contribution is -2.37. The molecule has 0 aliphatic carbocycles. The first-order valence-electron chi connectivity index (χ1n) is 7.45. The molecule has 1 atom stereocenters. The molecule has 3 aromatic carbocycles. The minimum Gasteiger partial charge on any atom is -0.321 e. The van der Waals surface area contributed by atoms with Crippen molar-refractivity contribution in [2.75, 3.05) is 5.88 Å². The van der Waals surface area contributed by atoms with E-state index in [0.29, 0.717) is 5.88 Å². The van der Waals surface area contributed by atoms with Crippen molar-refractivity contribution in [1.82, 2.24) is 0 Å². The molecule has 0 radical (unpaired) electrons. The third-order valence-corrected chi connectivity index (χ3v) is 4.63. The van der Waals surface area contributed by atoms with Crippen LogP contribution in [-0.2, 0) is 5.54 Å². The lowest BCUT2D eigenvalue weighted by atomic mass is 9.80. The first-order valence-corrected chi connectivity index (χ1v) is 7.99. The number of hydrogen-bond acceptors (Lipinski definition) is 1. The number of rotatable bonds is 4. The van der Waals surface area contributed by atoms with Crippen molar-refractivity contribution >= 4 is 45.6 Å². The van der Waals surface area contributed by atoms with E-state index in [1.54, 1.807) is 0 Å². The van der Waals surface area contributed by atoms with Crippen molar-refractivity contribution in [2.45, 2.75) is 25.3 Å². The van der Waals surface area contributed by atoms with Crippen LogP contribution in [-0.4, -0.2) is 5.88 Å². The van der Waals surface area contributed by atoms with Gasteiger partial charge in [0.1, 0.15) is 0 Å². The van der Waals surface area contributed by atoms with Gasteiger partial charge in [-0.2, -0.15) is 0 Å². The SMILES string of the molecule is CCC(N)(CCCl)c1c2ccccc2cc2ccccc12.Cl. The van der Waals surface area contributed by atoms with Crippen molar-refractivity contribution in [3.63, 3.8) is 0 Å². The van der Waals surface area contributed by atoms with Crippen LogP contribution in [0.5, 0.6) is 0 Å². The molecule has 116 valence electrons. The molecule has 0 bridgehead atoms. The molecule has 0 aliphatic heterocycles. The third kappa shape index (κ3) is 2.81. The summed E-state index contributed by atoms with van der Waals surface area (Å²) in [7, 11) is 0. The fourth-order valence-corrected chi connectivity index (χ4v) is 3.53. The molecule has 0 aromatic heterocycles. The Kier molecular flexibility index (Phi) is 5.33. The van der Waals surface area contributed by atoms with E-state index in [-0.39, 0.29) is 17.9 Å². The lowest BCUT2D eigenvalue weighted by molar-refractivity contribution is 0.422. The summed E-state index contributed by atoms with van der Waals surface area (Å²) in [4.78, 5) is 0. The molecule has 3 aromatic rings. The Labute approximate surface area is 142 Å². The number of fused-ring (bicyclic) bond motifs is 2. The normalized spacial score (nSPS) is 13.8. The van der Waals surface area contributed by atoms with Gasteiger partial charge in [-0.25, -0.2) is 0 Å². The van der Waals surface area contributed by atoms with Crippen LogP contribution < -0.4 is 5.73 Å². The minimum absolute atomic E-state index is 0. The predicted octanol–water partition coefficient (Wildman–Crippen LogP) is 5.61. The molecule has 0 heterocycles. The average molecular weight is 334 g/mol. The fraction of sp³-hybridized carbons (Fsp3) is 0.263. The molecule has 0 saturated heterocycles. The largest absolute Gasteiger partial charge is 0.321 e. The quantitative estimate of drug-likeness (QED) is 0.487. The number of nitrogens with two attached hydrogens (primary N) is 1. The molecule has 0 aliphatic rings. The fourth-order valence-electron chi connectivity index (χ4n) is 3.20.